The number of aryl methyl sites for hydroxylation is 1. The lowest BCUT2D eigenvalue weighted by atomic mass is 10.2. The van der Waals surface area contributed by atoms with E-state index in [0.717, 1.165) is 25.4 Å². The van der Waals surface area contributed by atoms with Crippen molar-refractivity contribution in [3.8, 4) is 0 Å². The number of para-hydroxylation sites is 1. The number of rotatable bonds is 8. The first-order valence-corrected chi connectivity index (χ1v) is 8.60. The molecule has 0 aliphatic carbocycles. The van der Waals surface area contributed by atoms with Crippen molar-refractivity contribution in [1.82, 2.24) is 15.1 Å². The number of aromatic nitrogens is 2. The predicted octanol–water partition coefficient (Wildman–Crippen LogP) is 3.54. The van der Waals surface area contributed by atoms with Crippen LogP contribution in [-0.4, -0.2) is 27.8 Å². The van der Waals surface area contributed by atoms with Gasteiger partial charge in [-0.1, -0.05) is 39.0 Å². The van der Waals surface area contributed by atoms with Gasteiger partial charge in [-0.15, -0.1) is 0 Å². The van der Waals surface area contributed by atoms with Gasteiger partial charge < -0.3 is 5.32 Å². The van der Waals surface area contributed by atoms with E-state index < -0.39 is 0 Å². The van der Waals surface area contributed by atoms with Gasteiger partial charge in [0.2, 0.25) is 0 Å². The number of hydrogen-bond donors (Lipinski definition) is 1. The highest BCUT2D eigenvalue weighted by Gasteiger charge is 2.09. The highest BCUT2D eigenvalue weighted by molar-refractivity contribution is 7.99. The van der Waals surface area contributed by atoms with Crippen LogP contribution >= 0.6 is 11.8 Å². The minimum absolute atomic E-state index is 0.671. The zero-order valence-corrected chi connectivity index (χ0v) is 13.5. The van der Waals surface area contributed by atoms with Gasteiger partial charge >= 0.3 is 0 Å². The summed E-state index contributed by atoms with van der Waals surface area (Å²) in [5, 5.41) is 9.57. The average Bonchev–Trinajstić information content (AvgIpc) is 2.78. The quantitative estimate of drug-likeness (QED) is 0.755. The number of nitrogens with zero attached hydrogens (tertiary/aromatic N) is 2. The Morgan fingerprint density at radius 2 is 2.10 bits per heavy atom. The summed E-state index contributed by atoms with van der Waals surface area (Å²) in [5.41, 5.74) is 2.42. The van der Waals surface area contributed by atoms with Crippen LogP contribution in [-0.2, 0) is 13.1 Å². The molecule has 0 aliphatic heterocycles. The van der Waals surface area contributed by atoms with Crippen molar-refractivity contribution < 1.29 is 0 Å². The molecule has 1 N–H and O–H groups in total. The van der Waals surface area contributed by atoms with Crippen molar-refractivity contribution in [2.45, 2.75) is 33.9 Å². The topological polar surface area (TPSA) is 29.9 Å². The summed E-state index contributed by atoms with van der Waals surface area (Å²) in [4.78, 5) is 0. The molecule has 3 nitrogen and oxygen atoms in total. The van der Waals surface area contributed by atoms with Crippen LogP contribution in [0.3, 0.4) is 0 Å². The molecule has 20 heavy (non-hydrogen) atoms. The van der Waals surface area contributed by atoms with Crippen molar-refractivity contribution in [1.29, 1.82) is 0 Å². The van der Waals surface area contributed by atoms with Gasteiger partial charge in [0, 0.05) is 17.7 Å². The number of thioether (sulfide) groups is 1. The summed E-state index contributed by atoms with van der Waals surface area (Å²) in [6.07, 6.45) is 0. The van der Waals surface area contributed by atoms with Gasteiger partial charge in [0.25, 0.3) is 0 Å². The fraction of sp³-hybridized carbons (Fsp3) is 0.562. The monoisotopic (exact) mass is 291 g/mol. The van der Waals surface area contributed by atoms with Crippen LogP contribution in [0.5, 0.6) is 0 Å². The summed E-state index contributed by atoms with van der Waals surface area (Å²) >= 11 is 1.97. The maximum atomic E-state index is 4.80. The van der Waals surface area contributed by atoms with E-state index >= 15 is 0 Å². The van der Waals surface area contributed by atoms with E-state index in [4.69, 9.17) is 5.10 Å². The fourth-order valence-corrected chi connectivity index (χ4v) is 2.86. The number of benzene rings is 1. The molecule has 2 rings (SSSR count). The first-order chi connectivity index (χ1) is 9.72. The Kier molecular flexibility index (Phi) is 5.92. The number of nitrogens with one attached hydrogen (secondary N) is 1. The van der Waals surface area contributed by atoms with Crippen LogP contribution in [0.2, 0.25) is 0 Å². The first kappa shape index (κ1) is 15.4. The highest BCUT2D eigenvalue weighted by Crippen LogP contribution is 2.19. The predicted molar refractivity (Wildman–Crippen MR) is 89.3 cm³/mol. The maximum absolute atomic E-state index is 4.80. The summed E-state index contributed by atoms with van der Waals surface area (Å²) in [6, 6.07) is 8.54. The van der Waals surface area contributed by atoms with E-state index in [9.17, 15) is 0 Å². The van der Waals surface area contributed by atoms with E-state index in [1.807, 2.05) is 11.8 Å². The SMILES string of the molecule is CCSCCn1nc(CNCC(C)C)c2ccccc21. The van der Waals surface area contributed by atoms with E-state index in [2.05, 4.69) is 55.0 Å². The number of fused-ring (bicyclic) bond motifs is 1. The van der Waals surface area contributed by atoms with Crippen molar-refractivity contribution in [2.75, 3.05) is 18.1 Å². The molecule has 0 radical (unpaired) electrons. The number of hydrogen-bond acceptors (Lipinski definition) is 3. The van der Waals surface area contributed by atoms with Crippen LogP contribution in [0.1, 0.15) is 26.5 Å². The summed E-state index contributed by atoms with van der Waals surface area (Å²) in [6.45, 7) is 9.53. The summed E-state index contributed by atoms with van der Waals surface area (Å²) in [5.74, 6) is 2.97. The van der Waals surface area contributed by atoms with Gasteiger partial charge in [-0.05, 0) is 24.3 Å². The van der Waals surface area contributed by atoms with Gasteiger partial charge in [0.1, 0.15) is 0 Å². The molecular formula is C16H25N3S. The van der Waals surface area contributed by atoms with Crippen LogP contribution in [0.4, 0.5) is 0 Å². The lowest BCUT2D eigenvalue weighted by Gasteiger charge is -2.05. The largest absolute Gasteiger partial charge is 0.311 e. The first-order valence-electron chi connectivity index (χ1n) is 7.45. The second-order valence-electron chi connectivity index (χ2n) is 5.41. The second-order valence-corrected chi connectivity index (χ2v) is 6.80. The Morgan fingerprint density at radius 3 is 2.85 bits per heavy atom. The Labute approximate surface area is 126 Å². The van der Waals surface area contributed by atoms with Gasteiger partial charge in [-0.25, -0.2) is 0 Å². The van der Waals surface area contributed by atoms with Crippen molar-refractivity contribution in [3.63, 3.8) is 0 Å². The Hall–Kier alpha value is -1.00. The van der Waals surface area contributed by atoms with Gasteiger partial charge in [-0.3, -0.25) is 4.68 Å². The second kappa shape index (κ2) is 7.70. The van der Waals surface area contributed by atoms with Crippen LogP contribution in [0.15, 0.2) is 24.3 Å². The molecule has 1 heterocycles. The third kappa shape index (κ3) is 4.00. The zero-order valence-electron chi connectivity index (χ0n) is 12.7. The minimum Gasteiger partial charge on any atom is -0.311 e. The maximum Gasteiger partial charge on any atom is 0.0841 e. The Morgan fingerprint density at radius 1 is 1.30 bits per heavy atom. The summed E-state index contributed by atoms with van der Waals surface area (Å²) in [7, 11) is 0. The van der Waals surface area contributed by atoms with Crippen molar-refractivity contribution >= 4 is 22.7 Å². The molecule has 0 spiro atoms. The Bertz CT molecular complexity index is 534. The molecule has 0 atom stereocenters. The molecule has 110 valence electrons. The summed E-state index contributed by atoms with van der Waals surface area (Å²) < 4.78 is 2.16. The molecule has 0 amide bonds. The van der Waals surface area contributed by atoms with Crippen LogP contribution in [0, 0.1) is 5.92 Å². The fourth-order valence-electron chi connectivity index (χ4n) is 2.27. The molecule has 0 bridgehead atoms. The normalized spacial score (nSPS) is 11.6. The molecule has 1 aromatic heterocycles. The van der Waals surface area contributed by atoms with Crippen molar-refractivity contribution in [2.24, 2.45) is 5.92 Å². The van der Waals surface area contributed by atoms with Gasteiger partial charge in [0.15, 0.2) is 0 Å². The van der Waals surface area contributed by atoms with E-state index in [0.29, 0.717) is 5.92 Å². The molecule has 0 fully saturated rings. The molecule has 0 unspecified atom stereocenters. The smallest absolute Gasteiger partial charge is 0.0841 e. The third-order valence-electron chi connectivity index (χ3n) is 3.23. The Balaban J connectivity index is 2.13. The molecule has 0 saturated heterocycles. The molecule has 0 aliphatic rings. The molecule has 1 aromatic carbocycles. The minimum atomic E-state index is 0.671. The zero-order chi connectivity index (χ0) is 14.4. The van der Waals surface area contributed by atoms with Crippen molar-refractivity contribution in [3.05, 3.63) is 30.0 Å². The average molecular weight is 291 g/mol. The molecular weight excluding hydrogens is 266 g/mol. The standard InChI is InChI=1S/C16H25N3S/c1-4-20-10-9-19-16-8-6-5-7-14(16)15(18-19)12-17-11-13(2)3/h5-8,13,17H,4,9-12H2,1-3H3. The lowest BCUT2D eigenvalue weighted by Crippen LogP contribution is -2.19. The lowest BCUT2D eigenvalue weighted by molar-refractivity contribution is 0.543. The highest BCUT2D eigenvalue weighted by atomic mass is 32.2. The van der Waals surface area contributed by atoms with E-state index in [-0.39, 0.29) is 0 Å². The molecule has 4 heteroatoms. The van der Waals surface area contributed by atoms with Crippen LogP contribution in [0.25, 0.3) is 10.9 Å². The van der Waals surface area contributed by atoms with Gasteiger partial charge in [0.05, 0.1) is 17.8 Å². The van der Waals surface area contributed by atoms with Crippen LogP contribution < -0.4 is 5.32 Å². The third-order valence-corrected chi connectivity index (χ3v) is 4.11. The van der Waals surface area contributed by atoms with E-state index in [1.54, 1.807) is 0 Å². The van der Waals surface area contributed by atoms with Gasteiger partial charge in [-0.2, -0.15) is 16.9 Å². The van der Waals surface area contributed by atoms with E-state index in [1.165, 1.54) is 22.3 Å². The molecule has 0 saturated carbocycles. The molecule has 2 aromatic rings.